The summed E-state index contributed by atoms with van der Waals surface area (Å²) in [6.45, 7) is 4.29. The minimum atomic E-state index is -0.880. The lowest BCUT2D eigenvalue weighted by molar-refractivity contribution is -0.138. The Hall–Kier alpha value is -3.35. The number of rotatable bonds is 11. The molecular weight excluding hydrogens is 420 g/mol. The second-order valence-electron chi connectivity index (χ2n) is 8.62. The molecule has 0 saturated heterocycles. The first-order valence-electron chi connectivity index (χ1n) is 11.5. The van der Waals surface area contributed by atoms with E-state index in [0.717, 1.165) is 11.1 Å². The summed E-state index contributed by atoms with van der Waals surface area (Å²) >= 11 is 0. The molecule has 2 amide bonds. The average molecular weight is 453 g/mol. The predicted octanol–water partition coefficient (Wildman–Crippen LogP) is 4.31. The van der Waals surface area contributed by atoms with E-state index < -0.39 is 12.1 Å². The minimum Gasteiger partial charge on any atom is -0.481 e. The highest BCUT2D eigenvalue weighted by atomic mass is 16.5. The number of carboxylic acid groups (broad SMARTS) is 1. The van der Waals surface area contributed by atoms with E-state index in [1.165, 1.54) is 11.1 Å². The fourth-order valence-corrected chi connectivity index (χ4v) is 4.24. The number of amides is 2. The monoisotopic (exact) mass is 452 g/mol. The molecule has 33 heavy (non-hydrogen) atoms. The van der Waals surface area contributed by atoms with E-state index in [0.29, 0.717) is 19.4 Å². The van der Waals surface area contributed by atoms with E-state index in [9.17, 15) is 14.4 Å². The van der Waals surface area contributed by atoms with E-state index in [1.807, 2.05) is 31.2 Å². The van der Waals surface area contributed by atoms with Crippen molar-refractivity contribution in [3.63, 3.8) is 0 Å². The van der Waals surface area contributed by atoms with Gasteiger partial charge in [0.2, 0.25) is 5.91 Å². The van der Waals surface area contributed by atoms with E-state index in [1.54, 1.807) is 6.92 Å². The van der Waals surface area contributed by atoms with Gasteiger partial charge >= 0.3 is 12.1 Å². The van der Waals surface area contributed by atoms with Gasteiger partial charge < -0.3 is 20.5 Å². The number of alkyl carbamates (subject to hydrolysis) is 1. The first-order chi connectivity index (χ1) is 15.9. The molecule has 2 aromatic rings. The van der Waals surface area contributed by atoms with Crippen LogP contribution in [-0.4, -0.2) is 42.3 Å². The third-order valence-corrected chi connectivity index (χ3v) is 6.05. The molecule has 0 radical (unpaired) electrons. The lowest BCUT2D eigenvalue weighted by Gasteiger charge is -2.19. The Kier molecular flexibility index (Phi) is 8.46. The fourth-order valence-electron chi connectivity index (χ4n) is 4.24. The van der Waals surface area contributed by atoms with Gasteiger partial charge in [-0.15, -0.1) is 0 Å². The zero-order chi connectivity index (χ0) is 23.8. The molecule has 7 nitrogen and oxygen atoms in total. The Morgan fingerprint density at radius 3 is 2.21 bits per heavy atom. The maximum Gasteiger partial charge on any atom is 0.407 e. The molecule has 0 saturated carbocycles. The molecule has 176 valence electrons. The molecule has 2 atom stereocenters. The van der Waals surface area contributed by atoms with Crippen LogP contribution in [-0.2, 0) is 14.3 Å². The number of ether oxygens (including phenoxy) is 1. The lowest BCUT2D eigenvalue weighted by atomic mass is 9.98. The number of carboxylic acids is 1. The van der Waals surface area contributed by atoms with Crippen LogP contribution in [0.3, 0.4) is 0 Å². The van der Waals surface area contributed by atoms with Crippen LogP contribution in [0.5, 0.6) is 0 Å². The molecular formula is C26H32N2O5. The number of hydrogen-bond acceptors (Lipinski definition) is 4. The van der Waals surface area contributed by atoms with Crippen molar-refractivity contribution in [2.24, 2.45) is 5.92 Å². The van der Waals surface area contributed by atoms with Crippen LogP contribution in [0.15, 0.2) is 48.5 Å². The summed E-state index contributed by atoms with van der Waals surface area (Å²) in [6.07, 6.45) is 0.940. The second-order valence-corrected chi connectivity index (χ2v) is 8.62. The molecule has 2 unspecified atom stereocenters. The predicted molar refractivity (Wildman–Crippen MR) is 126 cm³/mol. The molecule has 0 aliphatic heterocycles. The first-order valence-corrected chi connectivity index (χ1v) is 11.5. The largest absolute Gasteiger partial charge is 0.481 e. The molecule has 1 aliphatic carbocycles. The van der Waals surface area contributed by atoms with Gasteiger partial charge in [0.15, 0.2) is 0 Å². The molecule has 3 N–H and O–H groups in total. The standard InChI is InChI=1S/C26H32N2O5/c1-3-18(12-13-24(29)27-15-17(2)14-25(30)31)28-26(32)33-16-23-21-10-6-4-8-19(21)20-9-5-7-11-22(20)23/h4-11,17-18,23H,3,12-16H2,1-2H3,(H,27,29)(H,28,32)(H,30,31). The van der Waals surface area contributed by atoms with Crippen molar-refractivity contribution in [3.8, 4) is 11.1 Å². The third-order valence-electron chi connectivity index (χ3n) is 6.05. The number of aliphatic carboxylic acids is 1. The summed E-state index contributed by atoms with van der Waals surface area (Å²) in [5.41, 5.74) is 4.68. The smallest absolute Gasteiger partial charge is 0.407 e. The van der Waals surface area contributed by atoms with Crippen LogP contribution >= 0.6 is 0 Å². The van der Waals surface area contributed by atoms with Gasteiger partial charge in [0.05, 0.1) is 0 Å². The average Bonchev–Trinajstić information content (AvgIpc) is 3.12. The molecule has 2 aromatic carbocycles. The van der Waals surface area contributed by atoms with Gasteiger partial charge in [-0.3, -0.25) is 9.59 Å². The van der Waals surface area contributed by atoms with Crippen molar-refractivity contribution in [2.75, 3.05) is 13.2 Å². The molecule has 0 bridgehead atoms. The van der Waals surface area contributed by atoms with E-state index >= 15 is 0 Å². The summed E-state index contributed by atoms with van der Waals surface area (Å²) in [5.74, 6) is -1.16. The van der Waals surface area contributed by atoms with Crippen molar-refractivity contribution in [1.29, 1.82) is 0 Å². The Morgan fingerprint density at radius 1 is 1.03 bits per heavy atom. The van der Waals surface area contributed by atoms with Gasteiger partial charge in [-0.1, -0.05) is 62.4 Å². The third kappa shape index (κ3) is 6.57. The highest BCUT2D eigenvalue weighted by molar-refractivity contribution is 5.79. The molecule has 7 heteroatoms. The van der Waals surface area contributed by atoms with Gasteiger partial charge in [0.25, 0.3) is 0 Å². The Balaban J connectivity index is 1.46. The Morgan fingerprint density at radius 2 is 1.64 bits per heavy atom. The summed E-state index contributed by atoms with van der Waals surface area (Å²) in [6, 6.07) is 16.2. The summed E-state index contributed by atoms with van der Waals surface area (Å²) < 4.78 is 5.59. The molecule has 0 heterocycles. The molecule has 0 aromatic heterocycles. The highest BCUT2D eigenvalue weighted by Crippen LogP contribution is 2.44. The number of fused-ring (bicyclic) bond motifs is 3. The van der Waals surface area contributed by atoms with E-state index in [2.05, 4.69) is 34.9 Å². The number of nitrogens with one attached hydrogen (secondary N) is 2. The number of benzene rings is 2. The summed E-state index contributed by atoms with van der Waals surface area (Å²) in [7, 11) is 0. The zero-order valence-corrected chi connectivity index (χ0v) is 19.2. The van der Waals surface area contributed by atoms with E-state index in [-0.39, 0.29) is 43.2 Å². The van der Waals surface area contributed by atoms with Gasteiger partial charge in [-0.25, -0.2) is 4.79 Å². The fraction of sp³-hybridized carbons (Fsp3) is 0.423. The van der Waals surface area contributed by atoms with Crippen LogP contribution in [0.4, 0.5) is 4.79 Å². The van der Waals surface area contributed by atoms with Crippen LogP contribution in [0.25, 0.3) is 11.1 Å². The highest BCUT2D eigenvalue weighted by Gasteiger charge is 2.29. The summed E-state index contributed by atoms with van der Waals surface area (Å²) in [5, 5.41) is 14.4. The first kappa shape index (κ1) is 24.3. The molecule has 1 aliphatic rings. The van der Waals surface area contributed by atoms with Crippen LogP contribution in [0, 0.1) is 5.92 Å². The number of carbonyl (C=O) groups excluding carboxylic acids is 2. The van der Waals surface area contributed by atoms with Crippen LogP contribution in [0.2, 0.25) is 0 Å². The van der Waals surface area contributed by atoms with Gasteiger partial charge in [-0.05, 0) is 41.0 Å². The van der Waals surface area contributed by atoms with Crippen LogP contribution < -0.4 is 10.6 Å². The van der Waals surface area contributed by atoms with Gasteiger partial charge in [0.1, 0.15) is 6.61 Å². The van der Waals surface area contributed by atoms with Crippen LogP contribution in [0.1, 0.15) is 56.6 Å². The van der Waals surface area contributed by atoms with Crippen molar-refractivity contribution >= 4 is 18.0 Å². The SMILES string of the molecule is CCC(CCC(=O)NCC(C)CC(=O)O)NC(=O)OCC1c2ccccc2-c2ccccc21. The molecule has 0 spiro atoms. The van der Waals surface area contributed by atoms with Gasteiger partial charge in [0, 0.05) is 31.3 Å². The zero-order valence-electron chi connectivity index (χ0n) is 19.2. The maximum absolute atomic E-state index is 12.5. The molecule has 3 rings (SSSR count). The van der Waals surface area contributed by atoms with E-state index in [4.69, 9.17) is 9.84 Å². The minimum absolute atomic E-state index is 0.00166. The number of hydrogen-bond donors (Lipinski definition) is 3. The maximum atomic E-state index is 12.5. The second kappa shape index (κ2) is 11.5. The van der Waals surface area contributed by atoms with Gasteiger partial charge in [-0.2, -0.15) is 0 Å². The van der Waals surface area contributed by atoms with Crippen molar-refractivity contribution in [2.45, 2.75) is 51.5 Å². The normalized spacial score (nSPS) is 14.0. The quantitative estimate of drug-likeness (QED) is 0.471. The van der Waals surface area contributed by atoms with Crippen molar-refractivity contribution in [3.05, 3.63) is 59.7 Å². The number of carbonyl (C=O) groups is 3. The lowest BCUT2D eigenvalue weighted by Crippen LogP contribution is -2.37. The Bertz CT molecular complexity index is 945. The van der Waals surface area contributed by atoms with Crippen molar-refractivity contribution in [1.82, 2.24) is 10.6 Å². The Labute approximate surface area is 194 Å². The van der Waals surface area contributed by atoms with Crippen molar-refractivity contribution < 1.29 is 24.2 Å². The summed E-state index contributed by atoms with van der Waals surface area (Å²) in [4.78, 5) is 35.2. The molecule has 0 fully saturated rings. The topological polar surface area (TPSA) is 105 Å².